The highest BCUT2D eigenvalue weighted by Crippen LogP contribution is 2.19. The first-order valence-corrected chi connectivity index (χ1v) is 11.0. The topological polar surface area (TPSA) is 61.9 Å². The number of rotatable bonds is 9. The van der Waals surface area contributed by atoms with Crippen LogP contribution in [0, 0.1) is 5.92 Å². The fourth-order valence-electron chi connectivity index (χ4n) is 4.24. The number of nitrogens with zero attached hydrogens (tertiary/aromatic N) is 2. The standard InChI is InChI=1S/C23H35N3O3/c1-25(14-9-20-10-16-29-17-11-20)22(27)18-21-23(28)24-12-15-26(21)13-5-8-19-6-3-2-4-7-19/h2-4,6-7,20-21H,5,8-18H2,1H3,(H,24,28)/t21-/m1/s1. The molecule has 1 aromatic carbocycles. The van der Waals surface area contributed by atoms with Gasteiger partial charge >= 0.3 is 0 Å². The van der Waals surface area contributed by atoms with Gasteiger partial charge in [0.1, 0.15) is 0 Å². The molecule has 2 heterocycles. The largest absolute Gasteiger partial charge is 0.381 e. The maximum atomic E-state index is 12.8. The van der Waals surface area contributed by atoms with Gasteiger partial charge in [-0.25, -0.2) is 0 Å². The van der Waals surface area contributed by atoms with Crippen molar-refractivity contribution in [2.75, 3.05) is 46.4 Å². The third kappa shape index (κ3) is 6.82. The quantitative estimate of drug-likeness (QED) is 0.688. The fraction of sp³-hybridized carbons (Fsp3) is 0.652. The van der Waals surface area contributed by atoms with E-state index in [1.54, 1.807) is 4.90 Å². The van der Waals surface area contributed by atoms with Gasteiger partial charge in [-0.05, 0) is 50.1 Å². The van der Waals surface area contributed by atoms with E-state index in [2.05, 4.69) is 34.5 Å². The molecule has 0 saturated carbocycles. The Kier molecular flexibility index (Phi) is 8.50. The second-order valence-electron chi connectivity index (χ2n) is 8.30. The van der Waals surface area contributed by atoms with Crippen LogP contribution in [0.1, 0.15) is 37.7 Å². The van der Waals surface area contributed by atoms with Gasteiger partial charge in [-0.2, -0.15) is 0 Å². The summed E-state index contributed by atoms with van der Waals surface area (Å²) in [6, 6.07) is 10.1. The zero-order valence-electron chi connectivity index (χ0n) is 17.6. The zero-order chi connectivity index (χ0) is 20.5. The average molecular weight is 402 g/mol. The normalized spacial score (nSPS) is 21.0. The molecule has 2 fully saturated rings. The fourth-order valence-corrected chi connectivity index (χ4v) is 4.24. The van der Waals surface area contributed by atoms with Gasteiger partial charge in [0.2, 0.25) is 11.8 Å². The van der Waals surface area contributed by atoms with Crippen LogP contribution in [0.4, 0.5) is 0 Å². The van der Waals surface area contributed by atoms with E-state index in [1.807, 2.05) is 13.1 Å². The van der Waals surface area contributed by atoms with E-state index in [0.717, 1.165) is 65.0 Å². The highest BCUT2D eigenvalue weighted by Gasteiger charge is 2.32. The summed E-state index contributed by atoms with van der Waals surface area (Å²) in [5, 5.41) is 2.93. The molecule has 0 aliphatic carbocycles. The molecule has 2 saturated heterocycles. The molecule has 0 aromatic heterocycles. The van der Waals surface area contributed by atoms with Crippen LogP contribution in [-0.2, 0) is 20.7 Å². The Morgan fingerprint density at radius 3 is 2.76 bits per heavy atom. The highest BCUT2D eigenvalue weighted by molar-refractivity contribution is 5.88. The van der Waals surface area contributed by atoms with Gasteiger partial charge in [0, 0.05) is 39.9 Å². The first-order chi connectivity index (χ1) is 14.1. The number of carbonyl (C=O) groups is 2. The first-order valence-electron chi connectivity index (χ1n) is 11.0. The van der Waals surface area contributed by atoms with Gasteiger partial charge in [0.25, 0.3) is 0 Å². The lowest BCUT2D eigenvalue weighted by Gasteiger charge is -2.35. The van der Waals surface area contributed by atoms with Crippen LogP contribution in [0.3, 0.4) is 0 Å². The number of nitrogens with one attached hydrogen (secondary N) is 1. The molecule has 160 valence electrons. The molecule has 29 heavy (non-hydrogen) atoms. The SMILES string of the molecule is CN(CCC1CCOCC1)C(=O)C[C@@H]1C(=O)NCCN1CCCc1ccccc1. The van der Waals surface area contributed by atoms with Gasteiger partial charge in [-0.3, -0.25) is 14.5 Å². The third-order valence-corrected chi connectivity index (χ3v) is 6.20. The summed E-state index contributed by atoms with van der Waals surface area (Å²) in [5.74, 6) is 0.695. The average Bonchev–Trinajstić information content (AvgIpc) is 2.75. The molecule has 1 aromatic rings. The summed E-state index contributed by atoms with van der Waals surface area (Å²) in [6.45, 7) is 4.74. The van der Waals surface area contributed by atoms with Crippen molar-refractivity contribution in [3.8, 4) is 0 Å². The lowest BCUT2D eigenvalue weighted by molar-refractivity contribution is -0.138. The van der Waals surface area contributed by atoms with Crippen LogP contribution in [0.15, 0.2) is 30.3 Å². The summed E-state index contributed by atoms with van der Waals surface area (Å²) in [7, 11) is 1.86. The molecule has 1 N–H and O–H groups in total. The first kappa shape index (κ1) is 21.8. The molecular weight excluding hydrogens is 366 g/mol. The van der Waals surface area contributed by atoms with Crippen LogP contribution in [0.5, 0.6) is 0 Å². The monoisotopic (exact) mass is 401 g/mol. The van der Waals surface area contributed by atoms with E-state index in [0.29, 0.717) is 12.5 Å². The predicted octanol–water partition coefficient (Wildman–Crippen LogP) is 2.08. The number of aryl methyl sites for hydroxylation is 1. The van der Waals surface area contributed by atoms with Gasteiger partial charge in [-0.1, -0.05) is 30.3 Å². The number of piperazine rings is 1. The molecule has 6 nitrogen and oxygen atoms in total. The molecule has 1 atom stereocenters. The van der Waals surface area contributed by atoms with Crippen molar-refractivity contribution < 1.29 is 14.3 Å². The number of benzene rings is 1. The van der Waals surface area contributed by atoms with Crippen molar-refractivity contribution in [3.63, 3.8) is 0 Å². The van der Waals surface area contributed by atoms with Crippen LogP contribution >= 0.6 is 0 Å². The van der Waals surface area contributed by atoms with Crippen molar-refractivity contribution in [2.45, 2.75) is 44.6 Å². The van der Waals surface area contributed by atoms with Crippen LogP contribution in [0.25, 0.3) is 0 Å². The summed E-state index contributed by atoms with van der Waals surface area (Å²) in [6.07, 6.45) is 5.43. The number of ether oxygens (including phenoxy) is 1. The smallest absolute Gasteiger partial charge is 0.237 e. The minimum absolute atomic E-state index is 0.0119. The van der Waals surface area contributed by atoms with E-state index in [9.17, 15) is 9.59 Å². The molecule has 2 aliphatic heterocycles. The van der Waals surface area contributed by atoms with E-state index in [-0.39, 0.29) is 24.3 Å². The van der Waals surface area contributed by atoms with Crippen molar-refractivity contribution in [1.29, 1.82) is 0 Å². The summed E-state index contributed by atoms with van der Waals surface area (Å²) in [4.78, 5) is 29.2. The molecule has 0 spiro atoms. The minimum Gasteiger partial charge on any atom is -0.381 e. The van der Waals surface area contributed by atoms with Gasteiger partial charge in [0.05, 0.1) is 12.5 Å². The van der Waals surface area contributed by atoms with E-state index in [1.165, 1.54) is 5.56 Å². The van der Waals surface area contributed by atoms with Gasteiger partial charge < -0.3 is 15.0 Å². The molecule has 2 amide bonds. The van der Waals surface area contributed by atoms with Crippen molar-refractivity contribution in [2.24, 2.45) is 5.92 Å². The molecule has 3 rings (SSSR count). The minimum atomic E-state index is -0.349. The third-order valence-electron chi connectivity index (χ3n) is 6.20. The maximum Gasteiger partial charge on any atom is 0.237 e. The Morgan fingerprint density at radius 2 is 2.00 bits per heavy atom. The van der Waals surface area contributed by atoms with Gasteiger partial charge in [0.15, 0.2) is 0 Å². The summed E-state index contributed by atoms with van der Waals surface area (Å²) in [5.41, 5.74) is 1.31. The molecule has 0 unspecified atom stereocenters. The van der Waals surface area contributed by atoms with E-state index < -0.39 is 0 Å². The van der Waals surface area contributed by atoms with Gasteiger partial charge in [-0.15, -0.1) is 0 Å². The molecular formula is C23H35N3O3. The van der Waals surface area contributed by atoms with Crippen molar-refractivity contribution in [1.82, 2.24) is 15.1 Å². The van der Waals surface area contributed by atoms with Crippen molar-refractivity contribution >= 4 is 11.8 Å². The Morgan fingerprint density at radius 1 is 1.24 bits per heavy atom. The number of amides is 2. The Balaban J connectivity index is 1.46. The Hall–Kier alpha value is -1.92. The number of hydrogen-bond acceptors (Lipinski definition) is 4. The number of carbonyl (C=O) groups excluding carboxylic acids is 2. The number of hydrogen-bond donors (Lipinski definition) is 1. The van der Waals surface area contributed by atoms with E-state index >= 15 is 0 Å². The lowest BCUT2D eigenvalue weighted by atomic mass is 9.96. The second-order valence-corrected chi connectivity index (χ2v) is 8.30. The molecule has 0 bridgehead atoms. The molecule has 6 heteroatoms. The maximum absolute atomic E-state index is 12.8. The van der Waals surface area contributed by atoms with Crippen LogP contribution < -0.4 is 5.32 Å². The predicted molar refractivity (Wildman–Crippen MR) is 114 cm³/mol. The summed E-state index contributed by atoms with van der Waals surface area (Å²) >= 11 is 0. The van der Waals surface area contributed by atoms with Crippen LogP contribution in [0.2, 0.25) is 0 Å². The second kappa shape index (κ2) is 11.3. The summed E-state index contributed by atoms with van der Waals surface area (Å²) < 4.78 is 5.41. The lowest BCUT2D eigenvalue weighted by Crippen LogP contribution is -2.56. The molecule has 2 aliphatic rings. The Bertz CT molecular complexity index is 646. The molecule has 0 radical (unpaired) electrons. The highest BCUT2D eigenvalue weighted by atomic mass is 16.5. The van der Waals surface area contributed by atoms with Crippen molar-refractivity contribution in [3.05, 3.63) is 35.9 Å². The Labute approximate surface area is 174 Å². The zero-order valence-corrected chi connectivity index (χ0v) is 17.6. The van der Waals surface area contributed by atoms with E-state index in [4.69, 9.17) is 4.74 Å². The van der Waals surface area contributed by atoms with Crippen LogP contribution in [-0.4, -0.2) is 74.1 Å².